The van der Waals surface area contributed by atoms with Gasteiger partial charge in [0.2, 0.25) is 0 Å². The van der Waals surface area contributed by atoms with Gasteiger partial charge < -0.3 is 9.53 Å². The SMILES string of the molecule is CC[C@H](C)CC/C=C/C=C(\C)C(C/C=C/C=C/C(=O)O)O[Si](CC)(CC)CC. The molecule has 0 rings (SSSR count). The molecule has 0 amide bonds. The Morgan fingerprint density at radius 3 is 2.21 bits per heavy atom. The summed E-state index contributed by atoms with van der Waals surface area (Å²) in [6, 6.07) is 3.37. The third-order valence-electron chi connectivity index (χ3n) is 5.69. The monoisotopic (exact) mass is 406 g/mol. The largest absolute Gasteiger partial charge is 0.478 e. The molecule has 1 N–H and O–H groups in total. The van der Waals surface area contributed by atoms with E-state index in [9.17, 15) is 4.79 Å². The Balaban J connectivity index is 5.15. The van der Waals surface area contributed by atoms with Crippen LogP contribution in [0.4, 0.5) is 0 Å². The van der Waals surface area contributed by atoms with Crippen molar-refractivity contribution in [2.24, 2.45) is 5.92 Å². The number of allylic oxidation sites excluding steroid dienone is 5. The van der Waals surface area contributed by atoms with Crippen molar-refractivity contribution < 1.29 is 14.3 Å². The predicted octanol–water partition coefficient (Wildman–Crippen LogP) is 7.29. The predicted molar refractivity (Wildman–Crippen MR) is 124 cm³/mol. The van der Waals surface area contributed by atoms with Gasteiger partial charge in [-0.05, 0) is 55.8 Å². The van der Waals surface area contributed by atoms with Gasteiger partial charge in [-0.1, -0.05) is 77.5 Å². The van der Waals surface area contributed by atoms with Crippen molar-refractivity contribution in [2.75, 3.05) is 0 Å². The molecule has 0 bridgehead atoms. The lowest BCUT2D eigenvalue weighted by atomic mass is 10.0. The Bertz CT molecular complexity index is 534. The van der Waals surface area contributed by atoms with E-state index >= 15 is 0 Å². The highest BCUT2D eigenvalue weighted by Crippen LogP contribution is 2.27. The molecule has 0 aliphatic carbocycles. The average Bonchev–Trinajstić information content (AvgIpc) is 2.69. The molecular formula is C24H42O3Si. The normalized spacial score (nSPS) is 15.7. The van der Waals surface area contributed by atoms with Crippen LogP contribution in [0, 0.1) is 5.92 Å². The lowest BCUT2D eigenvalue weighted by Crippen LogP contribution is -2.40. The van der Waals surface area contributed by atoms with Gasteiger partial charge in [-0.2, -0.15) is 0 Å². The van der Waals surface area contributed by atoms with Crippen molar-refractivity contribution in [3.8, 4) is 0 Å². The van der Waals surface area contributed by atoms with E-state index in [1.165, 1.54) is 18.4 Å². The number of hydrogen-bond donors (Lipinski definition) is 1. The summed E-state index contributed by atoms with van der Waals surface area (Å²) >= 11 is 0. The molecule has 0 aliphatic rings. The molecule has 0 saturated carbocycles. The van der Waals surface area contributed by atoms with Gasteiger partial charge in [0.15, 0.2) is 8.32 Å². The highest BCUT2D eigenvalue weighted by Gasteiger charge is 2.32. The molecule has 0 saturated heterocycles. The first-order valence-corrected chi connectivity index (χ1v) is 13.4. The Morgan fingerprint density at radius 2 is 1.68 bits per heavy atom. The molecule has 160 valence electrons. The molecule has 1 unspecified atom stereocenters. The van der Waals surface area contributed by atoms with Crippen LogP contribution in [0.15, 0.2) is 48.1 Å². The minimum Gasteiger partial charge on any atom is -0.478 e. The zero-order valence-corrected chi connectivity index (χ0v) is 19.9. The van der Waals surface area contributed by atoms with Gasteiger partial charge >= 0.3 is 5.97 Å². The fourth-order valence-electron chi connectivity index (χ4n) is 3.06. The van der Waals surface area contributed by atoms with Crippen molar-refractivity contribution >= 4 is 14.3 Å². The molecule has 0 aliphatic heterocycles. The summed E-state index contributed by atoms with van der Waals surface area (Å²) in [5.74, 6) is -0.148. The Morgan fingerprint density at radius 1 is 1.04 bits per heavy atom. The quantitative estimate of drug-likeness (QED) is 0.176. The van der Waals surface area contributed by atoms with Crippen LogP contribution in [0.5, 0.6) is 0 Å². The molecule has 0 aromatic carbocycles. The summed E-state index contributed by atoms with van der Waals surface area (Å²) in [5.41, 5.74) is 1.24. The number of hydrogen-bond acceptors (Lipinski definition) is 2. The van der Waals surface area contributed by atoms with E-state index in [0.717, 1.165) is 43.0 Å². The number of carboxylic acids is 1. The van der Waals surface area contributed by atoms with Crippen molar-refractivity contribution in [1.82, 2.24) is 0 Å². The van der Waals surface area contributed by atoms with Gasteiger partial charge in [0.05, 0.1) is 6.10 Å². The van der Waals surface area contributed by atoms with E-state index in [2.05, 4.69) is 59.8 Å². The molecule has 0 heterocycles. The molecule has 2 atom stereocenters. The molecule has 3 nitrogen and oxygen atoms in total. The Kier molecular flexibility index (Phi) is 14.7. The standard InChI is InChI=1S/C24H42O3Si/c1-7-21(5)17-13-11-14-18-22(6)23(19-15-12-16-20-24(25)26)27-28(8-2,9-3)10-4/h11-12,14-16,18,20-21,23H,7-10,13,17,19H2,1-6H3,(H,25,26)/b14-11+,15-12+,20-16+,22-18+/t21-,23?/m0/s1. The average molecular weight is 407 g/mol. The summed E-state index contributed by atoms with van der Waals surface area (Å²) < 4.78 is 6.73. The molecule has 0 radical (unpaired) electrons. The van der Waals surface area contributed by atoms with Crippen LogP contribution < -0.4 is 0 Å². The second-order valence-electron chi connectivity index (χ2n) is 7.64. The minimum absolute atomic E-state index is 0.0558. The van der Waals surface area contributed by atoms with Crippen LogP contribution in [0.2, 0.25) is 18.1 Å². The van der Waals surface area contributed by atoms with Crippen LogP contribution in [0.25, 0.3) is 0 Å². The smallest absolute Gasteiger partial charge is 0.328 e. The molecule has 0 fully saturated rings. The maximum atomic E-state index is 10.6. The van der Waals surface area contributed by atoms with Gasteiger partial charge in [0.1, 0.15) is 0 Å². The lowest BCUT2D eigenvalue weighted by molar-refractivity contribution is -0.131. The molecule has 0 aromatic heterocycles. The first-order valence-electron chi connectivity index (χ1n) is 10.9. The van der Waals surface area contributed by atoms with E-state index < -0.39 is 14.3 Å². The van der Waals surface area contributed by atoms with Crippen LogP contribution in [0.3, 0.4) is 0 Å². The van der Waals surface area contributed by atoms with Crippen molar-refractivity contribution in [3.05, 3.63) is 48.1 Å². The minimum atomic E-state index is -1.71. The van der Waals surface area contributed by atoms with Gasteiger partial charge in [-0.3, -0.25) is 0 Å². The van der Waals surface area contributed by atoms with Crippen LogP contribution >= 0.6 is 0 Å². The second kappa shape index (κ2) is 15.5. The van der Waals surface area contributed by atoms with E-state index in [0.29, 0.717) is 0 Å². The summed E-state index contributed by atoms with van der Waals surface area (Å²) in [4.78, 5) is 10.6. The molecular weight excluding hydrogens is 364 g/mol. The summed E-state index contributed by atoms with van der Waals surface area (Å²) in [6.07, 6.45) is 17.5. The maximum absolute atomic E-state index is 10.6. The number of rotatable bonds is 15. The first kappa shape index (κ1) is 26.6. The van der Waals surface area contributed by atoms with Crippen LogP contribution in [0.1, 0.15) is 67.2 Å². The number of carboxylic acid groups (broad SMARTS) is 1. The van der Waals surface area contributed by atoms with Crippen molar-refractivity contribution in [3.63, 3.8) is 0 Å². The van der Waals surface area contributed by atoms with Crippen LogP contribution in [-0.4, -0.2) is 25.5 Å². The highest BCUT2D eigenvalue weighted by molar-refractivity contribution is 6.73. The summed E-state index contributed by atoms with van der Waals surface area (Å²) in [5, 5.41) is 8.69. The summed E-state index contributed by atoms with van der Waals surface area (Å²) in [6.45, 7) is 13.4. The lowest BCUT2D eigenvalue weighted by Gasteiger charge is -2.33. The zero-order valence-electron chi connectivity index (χ0n) is 18.9. The second-order valence-corrected chi connectivity index (χ2v) is 12.4. The Hall–Kier alpha value is -1.39. The first-order chi connectivity index (χ1) is 13.3. The van der Waals surface area contributed by atoms with Gasteiger partial charge in [-0.15, -0.1) is 0 Å². The van der Waals surface area contributed by atoms with E-state index in [-0.39, 0.29) is 6.10 Å². The third kappa shape index (κ3) is 11.5. The third-order valence-corrected chi connectivity index (χ3v) is 10.3. The highest BCUT2D eigenvalue weighted by atomic mass is 28.4. The van der Waals surface area contributed by atoms with E-state index in [4.69, 9.17) is 9.53 Å². The fourth-order valence-corrected chi connectivity index (χ4v) is 5.94. The Labute approximate surface area is 174 Å². The molecule has 0 spiro atoms. The molecule has 0 aromatic rings. The molecule has 4 heteroatoms. The topological polar surface area (TPSA) is 46.5 Å². The molecule has 28 heavy (non-hydrogen) atoms. The number of carbonyl (C=O) groups is 1. The van der Waals surface area contributed by atoms with Gasteiger partial charge in [0.25, 0.3) is 0 Å². The van der Waals surface area contributed by atoms with Crippen molar-refractivity contribution in [1.29, 1.82) is 0 Å². The van der Waals surface area contributed by atoms with Crippen LogP contribution in [-0.2, 0) is 9.22 Å². The van der Waals surface area contributed by atoms with Gasteiger partial charge in [-0.25, -0.2) is 4.79 Å². The van der Waals surface area contributed by atoms with E-state index in [1.807, 2.05) is 6.08 Å². The van der Waals surface area contributed by atoms with Gasteiger partial charge in [0, 0.05) is 6.08 Å². The zero-order chi connectivity index (χ0) is 21.4. The fraction of sp³-hybridized carbons (Fsp3) is 0.625. The summed E-state index contributed by atoms with van der Waals surface area (Å²) in [7, 11) is -1.71. The van der Waals surface area contributed by atoms with Crippen molar-refractivity contribution in [2.45, 2.75) is 91.5 Å². The van der Waals surface area contributed by atoms with E-state index in [1.54, 1.807) is 12.2 Å². The maximum Gasteiger partial charge on any atom is 0.328 e. The number of aliphatic carboxylic acids is 1.